The summed E-state index contributed by atoms with van der Waals surface area (Å²) in [6.07, 6.45) is 1.94. The second-order valence-corrected chi connectivity index (χ2v) is 4.87. The summed E-state index contributed by atoms with van der Waals surface area (Å²) < 4.78 is 4.97. The van der Waals surface area contributed by atoms with E-state index < -0.39 is 5.60 Å². The van der Waals surface area contributed by atoms with Gasteiger partial charge in [0, 0.05) is 19.3 Å². The number of nitrogens with zero attached hydrogens (tertiary/aromatic N) is 3. The zero-order chi connectivity index (χ0) is 13.6. The summed E-state index contributed by atoms with van der Waals surface area (Å²) in [6, 6.07) is 0.223. The van der Waals surface area contributed by atoms with Crippen molar-refractivity contribution in [3.8, 4) is 6.01 Å². The average Bonchev–Trinajstić information content (AvgIpc) is 2.36. The predicted molar refractivity (Wildman–Crippen MR) is 73.4 cm³/mol. The van der Waals surface area contributed by atoms with Crippen LogP contribution in [0.3, 0.4) is 0 Å². The molecule has 0 aromatic carbocycles. The molecule has 1 rings (SSSR count). The van der Waals surface area contributed by atoms with Crippen molar-refractivity contribution in [2.24, 2.45) is 0 Å². The molecule has 0 saturated carbocycles. The number of aromatic nitrogens is 3. The number of aliphatic hydroxyl groups is 1. The number of anilines is 2. The lowest BCUT2D eigenvalue weighted by molar-refractivity contribution is 0.0995. The molecule has 1 heterocycles. The smallest absolute Gasteiger partial charge is 0.322 e. The lowest BCUT2D eigenvalue weighted by atomic mass is 10.1. The number of methoxy groups -OCH3 is 1. The van der Waals surface area contributed by atoms with Crippen LogP contribution in [0.4, 0.5) is 11.9 Å². The van der Waals surface area contributed by atoms with E-state index in [-0.39, 0.29) is 6.01 Å². The van der Waals surface area contributed by atoms with Crippen molar-refractivity contribution in [2.75, 3.05) is 43.3 Å². The van der Waals surface area contributed by atoms with Crippen LogP contribution in [0.5, 0.6) is 6.01 Å². The number of nitrogens with one attached hydrogen (secondary N) is 2. The monoisotopic (exact) mass is 273 g/mol. The highest BCUT2D eigenvalue weighted by atomic mass is 32.2. The zero-order valence-corrected chi connectivity index (χ0v) is 11.8. The maximum atomic E-state index is 10.0. The van der Waals surface area contributed by atoms with Crippen molar-refractivity contribution in [1.29, 1.82) is 0 Å². The fraction of sp³-hybridized carbons (Fsp3) is 0.700. The standard InChI is InChI=1S/C10H19N5O2S/c1-10(16,6-18-4)5-12-8-13-7(11-2)14-9(15-8)17-3/h16H,5-6H2,1-4H3,(H2,11,12,13,14,15). The van der Waals surface area contributed by atoms with E-state index in [4.69, 9.17) is 4.74 Å². The first-order valence-electron chi connectivity index (χ1n) is 5.44. The summed E-state index contributed by atoms with van der Waals surface area (Å²) in [4.78, 5) is 12.2. The Morgan fingerprint density at radius 2 is 2.00 bits per heavy atom. The van der Waals surface area contributed by atoms with Gasteiger partial charge in [0.05, 0.1) is 12.7 Å². The van der Waals surface area contributed by atoms with Crippen molar-refractivity contribution >= 4 is 23.7 Å². The molecule has 0 saturated heterocycles. The van der Waals surface area contributed by atoms with E-state index in [1.54, 1.807) is 25.7 Å². The molecular formula is C10H19N5O2S. The number of ether oxygens (including phenoxy) is 1. The summed E-state index contributed by atoms with van der Waals surface area (Å²) in [6.45, 7) is 2.11. The minimum Gasteiger partial charge on any atom is -0.467 e. The molecule has 0 aliphatic rings. The van der Waals surface area contributed by atoms with Gasteiger partial charge >= 0.3 is 6.01 Å². The fourth-order valence-electron chi connectivity index (χ4n) is 1.27. The van der Waals surface area contributed by atoms with Gasteiger partial charge in [0.2, 0.25) is 11.9 Å². The van der Waals surface area contributed by atoms with E-state index in [0.29, 0.717) is 24.2 Å². The van der Waals surface area contributed by atoms with Gasteiger partial charge in [-0.05, 0) is 13.2 Å². The molecule has 1 aromatic heterocycles. The third-order valence-corrected chi connectivity index (χ3v) is 3.01. The van der Waals surface area contributed by atoms with Gasteiger partial charge in [-0.2, -0.15) is 26.7 Å². The lowest BCUT2D eigenvalue weighted by Gasteiger charge is -2.22. The molecule has 7 nitrogen and oxygen atoms in total. The molecule has 0 aliphatic carbocycles. The zero-order valence-electron chi connectivity index (χ0n) is 11.0. The fourth-order valence-corrected chi connectivity index (χ4v) is 1.99. The second-order valence-electron chi connectivity index (χ2n) is 4.00. The molecule has 0 radical (unpaired) electrons. The lowest BCUT2D eigenvalue weighted by Crippen LogP contribution is -2.36. The van der Waals surface area contributed by atoms with E-state index in [9.17, 15) is 5.11 Å². The van der Waals surface area contributed by atoms with Crippen LogP contribution >= 0.6 is 11.8 Å². The summed E-state index contributed by atoms with van der Waals surface area (Å²) in [7, 11) is 3.20. The van der Waals surface area contributed by atoms with Crippen molar-refractivity contribution < 1.29 is 9.84 Å². The molecule has 102 valence electrons. The Morgan fingerprint density at radius 1 is 1.33 bits per heavy atom. The second kappa shape index (κ2) is 6.60. The molecular weight excluding hydrogens is 254 g/mol. The van der Waals surface area contributed by atoms with Gasteiger partial charge in [0.25, 0.3) is 0 Å². The van der Waals surface area contributed by atoms with Crippen LogP contribution in [0, 0.1) is 0 Å². The van der Waals surface area contributed by atoms with Gasteiger partial charge in [-0.1, -0.05) is 0 Å². The maximum Gasteiger partial charge on any atom is 0.322 e. The van der Waals surface area contributed by atoms with Gasteiger partial charge in [0.1, 0.15) is 0 Å². The van der Waals surface area contributed by atoms with Crippen LogP contribution in [0.25, 0.3) is 0 Å². The van der Waals surface area contributed by atoms with E-state index in [1.807, 2.05) is 6.26 Å². The Morgan fingerprint density at radius 3 is 2.56 bits per heavy atom. The Kier molecular flexibility index (Phi) is 5.42. The minimum atomic E-state index is -0.820. The number of hydrogen-bond acceptors (Lipinski definition) is 8. The minimum absolute atomic E-state index is 0.223. The molecule has 1 aromatic rings. The quantitative estimate of drug-likeness (QED) is 0.659. The number of thioether (sulfide) groups is 1. The first-order chi connectivity index (χ1) is 8.50. The SMILES string of the molecule is CNc1nc(NCC(C)(O)CSC)nc(OC)n1. The molecule has 1 unspecified atom stereocenters. The Balaban J connectivity index is 2.72. The van der Waals surface area contributed by atoms with Gasteiger partial charge in [-0.25, -0.2) is 0 Å². The number of hydrogen-bond donors (Lipinski definition) is 3. The van der Waals surface area contributed by atoms with Gasteiger partial charge in [0.15, 0.2) is 0 Å². The van der Waals surface area contributed by atoms with Crippen LogP contribution in [0.2, 0.25) is 0 Å². The van der Waals surface area contributed by atoms with Gasteiger partial charge in [-0.3, -0.25) is 0 Å². The third-order valence-electron chi connectivity index (χ3n) is 2.10. The molecule has 0 aliphatic heterocycles. The van der Waals surface area contributed by atoms with Crippen LogP contribution in [0.15, 0.2) is 0 Å². The third kappa shape index (κ3) is 4.53. The normalized spacial score (nSPS) is 13.8. The van der Waals surface area contributed by atoms with Crippen molar-refractivity contribution in [1.82, 2.24) is 15.0 Å². The Hall–Kier alpha value is -1.28. The average molecular weight is 273 g/mol. The Labute approximate surface area is 111 Å². The largest absolute Gasteiger partial charge is 0.467 e. The topological polar surface area (TPSA) is 92.2 Å². The molecule has 18 heavy (non-hydrogen) atoms. The van der Waals surface area contributed by atoms with Gasteiger partial charge < -0.3 is 20.5 Å². The van der Waals surface area contributed by atoms with Crippen LogP contribution in [-0.2, 0) is 0 Å². The first-order valence-corrected chi connectivity index (χ1v) is 6.83. The van der Waals surface area contributed by atoms with E-state index >= 15 is 0 Å². The first kappa shape index (κ1) is 14.8. The molecule has 0 amide bonds. The molecule has 0 bridgehead atoms. The van der Waals surface area contributed by atoms with E-state index in [0.717, 1.165) is 0 Å². The summed E-state index contributed by atoms with van der Waals surface area (Å²) in [5.74, 6) is 1.41. The predicted octanol–water partition coefficient (Wildman–Crippen LogP) is 0.448. The van der Waals surface area contributed by atoms with E-state index in [1.165, 1.54) is 7.11 Å². The summed E-state index contributed by atoms with van der Waals surface area (Å²) in [5.41, 5.74) is -0.820. The molecule has 8 heteroatoms. The molecule has 0 fully saturated rings. The summed E-state index contributed by atoms with van der Waals surface area (Å²) >= 11 is 1.58. The van der Waals surface area contributed by atoms with Crippen LogP contribution in [0.1, 0.15) is 6.92 Å². The van der Waals surface area contributed by atoms with E-state index in [2.05, 4.69) is 25.6 Å². The molecule has 0 spiro atoms. The molecule has 1 atom stereocenters. The van der Waals surface area contributed by atoms with Crippen molar-refractivity contribution in [3.63, 3.8) is 0 Å². The van der Waals surface area contributed by atoms with Crippen LogP contribution in [-0.4, -0.2) is 58.4 Å². The highest BCUT2D eigenvalue weighted by Gasteiger charge is 2.20. The van der Waals surface area contributed by atoms with Gasteiger partial charge in [-0.15, -0.1) is 0 Å². The van der Waals surface area contributed by atoms with Crippen molar-refractivity contribution in [2.45, 2.75) is 12.5 Å². The maximum absolute atomic E-state index is 10.0. The number of rotatable bonds is 7. The summed E-state index contributed by atoms with van der Waals surface area (Å²) in [5, 5.41) is 15.8. The Bertz CT molecular complexity index is 366. The van der Waals surface area contributed by atoms with Crippen LogP contribution < -0.4 is 15.4 Å². The highest BCUT2D eigenvalue weighted by Crippen LogP contribution is 2.14. The molecule has 3 N–H and O–H groups in total. The highest BCUT2D eigenvalue weighted by molar-refractivity contribution is 7.98. The van der Waals surface area contributed by atoms with Crippen molar-refractivity contribution in [3.05, 3.63) is 0 Å².